The first-order valence-electron chi connectivity index (χ1n) is 11.7. The van der Waals surface area contributed by atoms with Crippen LogP contribution in [-0.2, 0) is 17.6 Å². The number of nitrogens with zero attached hydrogens (tertiary/aromatic N) is 1. The second kappa shape index (κ2) is 11.0. The van der Waals surface area contributed by atoms with Crippen molar-refractivity contribution in [2.24, 2.45) is 0 Å². The first-order chi connectivity index (χ1) is 17.4. The molecule has 1 heterocycles. The number of aromatic nitrogens is 1. The van der Waals surface area contributed by atoms with Crippen molar-refractivity contribution in [1.82, 2.24) is 4.98 Å². The van der Waals surface area contributed by atoms with Crippen LogP contribution in [0.4, 0.5) is 0 Å². The van der Waals surface area contributed by atoms with Gasteiger partial charge in [0.2, 0.25) is 11.5 Å². The summed E-state index contributed by atoms with van der Waals surface area (Å²) in [6.07, 6.45) is 0.773. The van der Waals surface area contributed by atoms with E-state index in [1.165, 1.54) is 7.11 Å². The highest BCUT2D eigenvalue weighted by atomic mass is 16.5. The molecule has 0 radical (unpaired) electrons. The topological polar surface area (TPSA) is 91.0 Å². The second-order valence-electron chi connectivity index (χ2n) is 8.60. The summed E-state index contributed by atoms with van der Waals surface area (Å²) in [5.41, 5.74) is 1.13. The number of rotatable bonds is 11. The third kappa shape index (κ3) is 5.86. The maximum Gasteiger partial charge on any atom is 0.348 e. The first-order valence-corrected chi connectivity index (χ1v) is 11.7. The van der Waals surface area contributed by atoms with Gasteiger partial charge in [-0.3, -0.25) is 0 Å². The van der Waals surface area contributed by atoms with Crippen molar-refractivity contribution in [2.75, 3.05) is 13.7 Å². The normalized spacial score (nSPS) is 12.5. The van der Waals surface area contributed by atoms with Crippen LogP contribution in [0.5, 0.6) is 17.2 Å². The van der Waals surface area contributed by atoms with Crippen LogP contribution in [0.25, 0.3) is 11.5 Å². The van der Waals surface area contributed by atoms with Gasteiger partial charge in [-0.2, -0.15) is 0 Å². The molecule has 0 aliphatic rings. The number of aryl methyl sites for hydroxylation is 1. The van der Waals surface area contributed by atoms with E-state index in [1.54, 1.807) is 31.2 Å². The quantitative estimate of drug-likeness (QED) is 0.288. The number of benzene rings is 3. The van der Waals surface area contributed by atoms with E-state index in [1.807, 2.05) is 61.5 Å². The highest BCUT2D eigenvalue weighted by Crippen LogP contribution is 2.31. The lowest BCUT2D eigenvalue weighted by Gasteiger charge is -2.27. The zero-order valence-electron chi connectivity index (χ0n) is 20.6. The Kier molecular flexibility index (Phi) is 7.59. The van der Waals surface area contributed by atoms with Gasteiger partial charge >= 0.3 is 5.97 Å². The maximum absolute atomic E-state index is 12.1. The molecule has 1 aromatic heterocycles. The summed E-state index contributed by atoms with van der Waals surface area (Å²) in [6.45, 7) is 3.89. The molecule has 1 N–H and O–H groups in total. The van der Waals surface area contributed by atoms with E-state index in [2.05, 4.69) is 4.98 Å². The molecular formula is C29H29NO6. The van der Waals surface area contributed by atoms with E-state index in [0.29, 0.717) is 36.2 Å². The Balaban J connectivity index is 1.36. The minimum atomic E-state index is -1.47. The van der Waals surface area contributed by atoms with Crippen LogP contribution in [0.1, 0.15) is 23.9 Å². The number of ether oxygens (including phenoxy) is 3. The number of oxazole rings is 1. The maximum atomic E-state index is 12.1. The van der Waals surface area contributed by atoms with Crippen LogP contribution in [-0.4, -0.2) is 35.4 Å². The number of carboxylic acids is 1. The molecule has 0 aliphatic carbocycles. The van der Waals surface area contributed by atoms with E-state index in [4.69, 9.17) is 18.6 Å². The lowest BCUT2D eigenvalue weighted by atomic mass is 9.96. The Bertz CT molecular complexity index is 1300. The largest absolute Gasteiger partial charge is 0.493 e. The van der Waals surface area contributed by atoms with Crippen LogP contribution in [0.15, 0.2) is 83.3 Å². The molecule has 7 heteroatoms. The minimum absolute atomic E-state index is 0.168. The molecule has 0 saturated heterocycles. The van der Waals surface area contributed by atoms with Crippen molar-refractivity contribution >= 4 is 5.97 Å². The number of hydrogen-bond donors (Lipinski definition) is 1. The summed E-state index contributed by atoms with van der Waals surface area (Å²) >= 11 is 0. The molecule has 0 saturated carbocycles. The summed E-state index contributed by atoms with van der Waals surface area (Å²) < 4.78 is 22.9. The fourth-order valence-electron chi connectivity index (χ4n) is 3.82. The van der Waals surface area contributed by atoms with E-state index < -0.39 is 11.6 Å². The molecule has 186 valence electrons. The van der Waals surface area contributed by atoms with Crippen LogP contribution >= 0.6 is 0 Å². The Morgan fingerprint density at radius 2 is 1.64 bits per heavy atom. The summed E-state index contributed by atoms with van der Waals surface area (Å²) in [6, 6.07) is 24.1. The lowest BCUT2D eigenvalue weighted by molar-refractivity contribution is -0.153. The smallest absolute Gasteiger partial charge is 0.348 e. The Morgan fingerprint density at radius 1 is 0.972 bits per heavy atom. The predicted octanol–water partition coefficient (Wildman–Crippen LogP) is 5.74. The van der Waals surface area contributed by atoms with Gasteiger partial charge in [-0.05, 0) is 55.8 Å². The summed E-state index contributed by atoms with van der Waals surface area (Å²) in [5.74, 6) is 1.85. The number of carbonyl (C=O) groups is 1. The van der Waals surface area contributed by atoms with E-state index in [0.717, 1.165) is 22.6 Å². The number of aliphatic carboxylic acids is 1. The van der Waals surface area contributed by atoms with Crippen LogP contribution in [0.2, 0.25) is 0 Å². The van der Waals surface area contributed by atoms with E-state index in [9.17, 15) is 9.90 Å². The van der Waals surface area contributed by atoms with Gasteiger partial charge in [0.05, 0.1) is 19.4 Å². The monoisotopic (exact) mass is 487 g/mol. The summed E-state index contributed by atoms with van der Waals surface area (Å²) in [7, 11) is 1.52. The van der Waals surface area contributed by atoms with Crippen molar-refractivity contribution in [3.63, 3.8) is 0 Å². The number of methoxy groups -OCH3 is 1. The fourth-order valence-corrected chi connectivity index (χ4v) is 3.82. The van der Waals surface area contributed by atoms with Crippen LogP contribution in [0, 0.1) is 6.92 Å². The molecule has 0 aliphatic heterocycles. The third-order valence-electron chi connectivity index (χ3n) is 5.84. The van der Waals surface area contributed by atoms with Crippen molar-refractivity contribution in [2.45, 2.75) is 32.3 Å². The standard InChI is InChI=1S/C29H29NO6/c1-20-24(30-27(35-20)22-9-5-4-6-10-22)17-18-34-23-15-13-21(14-16-23)19-29(2,28(31)32)36-26-12-8-7-11-25(26)33-3/h4-16H,17-19H2,1-3H3,(H,31,32). The van der Waals surface area contributed by atoms with Gasteiger partial charge in [-0.25, -0.2) is 9.78 Å². The highest BCUT2D eigenvalue weighted by Gasteiger charge is 2.36. The molecule has 1 unspecified atom stereocenters. The Labute approximate surface area is 210 Å². The highest BCUT2D eigenvalue weighted by molar-refractivity contribution is 5.78. The van der Waals surface area contributed by atoms with Crippen LogP contribution < -0.4 is 14.2 Å². The molecule has 4 aromatic rings. The van der Waals surface area contributed by atoms with Gasteiger partial charge < -0.3 is 23.7 Å². The predicted molar refractivity (Wildman–Crippen MR) is 136 cm³/mol. The van der Waals surface area contributed by atoms with E-state index in [-0.39, 0.29) is 6.42 Å². The molecule has 0 amide bonds. The molecule has 36 heavy (non-hydrogen) atoms. The molecule has 0 spiro atoms. The Morgan fingerprint density at radius 3 is 2.31 bits per heavy atom. The molecule has 7 nitrogen and oxygen atoms in total. The van der Waals surface area contributed by atoms with Gasteiger partial charge in [-0.1, -0.05) is 42.5 Å². The van der Waals surface area contributed by atoms with Gasteiger partial charge in [0, 0.05) is 18.4 Å². The van der Waals surface area contributed by atoms with Crippen molar-refractivity contribution in [1.29, 1.82) is 0 Å². The lowest BCUT2D eigenvalue weighted by Crippen LogP contribution is -2.43. The zero-order chi connectivity index (χ0) is 25.5. The molecule has 3 aromatic carbocycles. The van der Waals surface area contributed by atoms with Gasteiger partial charge in [0.25, 0.3) is 0 Å². The average Bonchev–Trinajstić information content (AvgIpc) is 3.26. The van der Waals surface area contributed by atoms with Gasteiger partial charge in [0.15, 0.2) is 11.5 Å². The fraction of sp³-hybridized carbons (Fsp3) is 0.241. The third-order valence-corrected chi connectivity index (χ3v) is 5.84. The number of hydrogen-bond acceptors (Lipinski definition) is 6. The number of carboxylic acid groups (broad SMARTS) is 1. The SMILES string of the molecule is COc1ccccc1OC(C)(Cc1ccc(OCCc2nc(-c3ccccc3)oc2C)cc1)C(=O)O. The molecule has 1 atom stereocenters. The molecule has 4 rings (SSSR count). The van der Waals surface area contributed by atoms with Gasteiger partial charge in [-0.15, -0.1) is 0 Å². The van der Waals surface area contributed by atoms with Crippen molar-refractivity contribution < 1.29 is 28.5 Å². The van der Waals surface area contributed by atoms with Gasteiger partial charge in [0.1, 0.15) is 11.5 Å². The Hall–Kier alpha value is -4.26. The molecule has 0 fully saturated rings. The minimum Gasteiger partial charge on any atom is -0.493 e. The number of para-hydroxylation sites is 2. The average molecular weight is 488 g/mol. The summed E-state index contributed by atoms with van der Waals surface area (Å²) in [5, 5.41) is 9.89. The molecule has 0 bridgehead atoms. The van der Waals surface area contributed by atoms with Crippen LogP contribution in [0.3, 0.4) is 0 Å². The summed E-state index contributed by atoms with van der Waals surface area (Å²) in [4.78, 5) is 16.7. The zero-order valence-corrected chi connectivity index (χ0v) is 20.6. The van der Waals surface area contributed by atoms with E-state index >= 15 is 0 Å². The van der Waals surface area contributed by atoms with Crippen molar-refractivity contribution in [3.8, 4) is 28.7 Å². The molecular weight excluding hydrogens is 458 g/mol. The second-order valence-corrected chi connectivity index (χ2v) is 8.60. The first kappa shape index (κ1) is 24.9. The van der Waals surface area contributed by atoms with Crippen molar-refractivity contribution in [3.05, 3.63) is 95.9 Å².